The molecule has 0 aliphatic carbocycles. The number of anilines is 1. The van der Waals surface area contributed by atoms with Crippen LogP contribution in [-0.2, 0) is 0 Å². The van der Waals surface area contributed by atoms with E-state index in [1.807, 2.05) is 11.8 Å². The van der Waals surface area contributed by atoms with E-state index < -0.39 is 4.92 Å². The Morgan fingerprint density at radius 2 is 2.16 bits per heavy atom. The molecule has 1 heterocycles. The molecule has 2 N–H and O–H groups in total. The number of non-ortho nitro benzene ring substituents is 1. The summed E-state index contributed by atoms with van der Waals surface area (Å²) in [6, 6.07) is 3.98. The minimum Gasteiger partial charge on any atom is -0.398 e. The Morgan fingerprint density at radius 3 is 2.89 bits per heavy atom. The molecule has 1 saturated heterocycles. The lowest BCUT2D eigenvalue weighted by atomic mass is 10.1. The van der Waals surface area contributed by atoms with Gasteiger partial charge in [0.1, 0.15) is 0 Å². The molecular formula is C12H15N3O3S. The van der Waals surface area contributed by atoms with Crippen molar-refractivity contribution < 1.29 is 9.72 Å². The number of carbonyl (C=O) groups excluding carboxylic acids is 1. The van der Waals surface area contributed by atoms with Crippen LogP contribution in [0.25, 0.3) is 0 Å². The topological polar surface area (TPSA) is 89.5 Å². The van der Waals surface area contributed by atoms with Gasteiger partial charge in [0.25, 0.3) is 11.6 Å². The maximum absolute atomic E-state index is 12.4. The molecule has 0 saturated carbocycles. The van der Waals surface area contributed by atoms with E-state index in [4.69, 9.17) is 5.73 Å². The summed E-state index contributed by atoms with van der Waals surface area (Å²) in [4.78, 5) is 24.3. The van der Waals surface area contributed by atoms with Crippen molar-refractivity contribution in [3.05, 3.63) is 33.9 Å². The summed E-state index contributed by atoms with van der Waals surface area (Å²) in [5, 5.41) is 10.8. The van der Waals surface area contributed by atoms with Crippen LogP contribution in [0.15, 0.2) is 18.2 Å². The lowest BCUT2D eigenvalue weighted by molar-refractivity contribution is -0.384. The minimum absolute atomic E-state index is 0.109. The number of nitrogens with two attached hydrogens (primary N) is 1. The highest BCUT2D eigenvalue weighted by molar-refractivity contribution is 7.99. The maximum Gasteiger partial charge on any atom is 0.270 e. The van der Waals surface area contributed by atoms with Gasteiger partial charge >= 0.3 is 0 Å². The fraction of sp³-hybridized carbons (Fsp3) is 0.417. The Morgan fingerprint density at radius 1 is 1.37 bits per heavy atom. The SMILES string of the molecule is Nc1ccc([N+](=O)[O-])cc1C(=O)N1CCCSCC1. The molecule has 1 amide bonds. The lowest BCUT2D eigenvalue weighted by Crippen LogP contribution is -2.33. The van der Waals surface area contributed by atoms with Crippen LogP contribution in [0.4, 0.5) is 11.4 Å². The second-order valence-electron chi connectivity index (χ2n) is 4.29. The molecule has 6 nitrogen and oxygen atoms in total. The van der Waals surface area contributed by atoms with Gasteiger partial charge in [0.05, 0.1) is 10.5 Å². The summed E-state index contributed by atoms with van der Waals surface area (Å²) >= 11 is 1.81. The van der Waals surface area contributed by atoms with E-state index >= 15 is 0 Å². The number of nitrogens with zero attached hydrogens (tertiary/aromatic N) is 2. The molecule has 102 valence electrons. The third kappa shape index (κ3) is 3.17. The van der Waals surface area contributed by atoms with Crippen LogP contribution in [0.2, 0.25) is 0 Å². The zero-order valence-electron chi connectivity index (χ0n) is 10.4. The van der Waals surface area contributed by atoms with Gasteiger partial charge in [0, 0.05) is 36.7 Å². The zero-order valence-corrected chi connectivity index (χ0v) is 11.2. The van der Waals surface area contributed by atoms with Crippen LogP contribution in [-0.4, -0.2) is 40.3 Å². The van der Waals surface area contributed by atoms with E-state index in [0.29, 0.717) is 13.1 Å². The molecular weight excluding hydrogens is 266 g/mol. The van der Waals surface area contributed by atoms with Crippen LogP contribution < -0.4 is 5.73 Å². The Balaban J connectivity index is 2.26. The van der Waals surface area contributed by atoms with Gasteiger partial charge < -0.3 is 10.6 Å². The summed E-state index contributed by atoms with van der Waals surface area (Å²) in [7, 11) is 0. The number of rotatable bonds is 2. The molecule has 1 aliphatic heterocycles. The largest absolute Gasteiger partial charge is 0.398 e. The molecule has 1 aromatic rings. The number of benzene rings is 1. The molecule has 2 rings (SSSR count). The third-order valence-electron chi connectivity index (χ3n) is 2.99. The smallest absolute Gasteiger partial charge is 0.270 e. The number of nitrogen functional groups attached to an aromatic ring is 1. The molecule has 7 heteroatoms. The van der Waals surface area contributed by atoms with Crippen molar-refractivity contribution >= 4 is 29.0 Å². The predicted octanol–water partition coefficient (Wildman–Crippen LogP) is 1.76. The van der Waals surface area contributed by atoms with Crippen molar-refractivity contribution in [1.29, 1.82) is 0 Å². The van der Waals surface area contributed by atoms with E-state index in [-0.39, 0.29) is 22.8 Å². The molecule has 0 aromatic heterocycles. The first-order chi connectivity index (χ1) is 9.09. The van der Waals surface area contributed by atoms with Crippen LogP contribution >= 0.6 is 11.8 Å². The fourth-order valence-electron chi connectivity index (χ4n) is 1.96. The van der Waals surface area contributed by atoms with Crippen molar-refractivity contribution in [3.8, 4) is 0 Å². The molecule has 0 atom stereocenters. The summed E-state index contributed by atoms with van der Waals surface area (Å²) in [6.07, 6.45) is 0.936. The van der Waals surface area contributed by atoms with Crippen molar-refractivity contribution in [3.63, 3.8) is 0 Å². The van der Waals surface area contributed by atoms with Crippen molar-refractivity contribution in [2.24, 2.45) is 0 Å². The first-order valence-corrected chi connectivity index (χ1v) is 7.16. The average molecular weight is 281 g/mol. The van der Waals surface area contributed by atoms with Crippen LogP contribution in [0.1, 0.15) is 16.8 Å². The molecule has 0 radical (unpaired) electrons. The quantitative estimate of drug-likeness (QED) is 0.507. The first-order valence-electron chi connectivity index (χ1n) is 6.00. The number of hydrogen-bond donors (Lipinski definition) is 1. The van der Waals surface area contributed by atoms with Gasteiger partial charge in [-0.25, -0.2) is 0 Å². The Bertz CT molecular complexity index is 499. The third-order valence-corrected chi connectivity index (χ3v) is 4.04. The molecule has 0 unspecified atom stereocenters. The van der Waals surface area contributed by atoms with Gasteiger partial charge in [-0.05, 0) is 18.2 Å². The normalized spacial score (nSPS) is 15.9. The second kappa shape index (κ2) is 5.92. The molecule has 1 aliphatic rings. The number of amides is 1. The zero-order chi connectivity index (χ0) is 13.8. The molecule has 0 bridgehead atoms. The first kappa shape index (κ1) is 13.7. The van der Waals surface area contributed by atoms with Gasteiger partial charge in [-0.2, -0.15) is 11.8 Å². The highest BCUT2D eigenvalue weighted by atomic mass is 32.2. The van der Waals surface area contributed by atoms with Crippen LogP contribution in [0.3, 0.4) is 0 Å². The van der Waals surface area contributed by atoms with Crippen molar-refractivity contribution in [2.75, 3.05) is 30.3 Å². The van der Waals surface area contributed by atoms with Gasteiger partial charge in [-0.15, -0.1) is 0 Å². The van der Waals surface area contributed by atoms with Gasteiger partial charge in [0.15, 0.2) is 0 Å². The number of carbonyl (C=O) groups is 1. The van der Waals surface area contributed by atoms with E-state index in [1.165, 1.54) is 18.2 Å². The molecule has 19 heavy (non-hydrogen) atoms. The number of thioether (sulfide) groups is 1. The Kier molecular flexibility index (Phi) is 4.26. The van der Waals surface area contributed by atoms with Crippen molar-refractivity contribution in [1.82, 2.24) is 4.90 Å². The molecule has 1 fully saturated rings. The van der Waals surface area contributed by atoms with E-state index in [0.717, 1.165) is 17.9 Å². The van der Waals surface area contributed by atoms with Gasteiger partial charge in [-0.3, -0.25) is 14.9 Å². The minimum atomic E-state index is -0.519. The predicted molar refractivity (Wildman–Crippen MR) is 75.4 cm³/mol. The highest BCUT2D eigenvalue weighted by Gasteiger charge is 2.21. The van der Waals surface area contributed by atoms with Gasteiger partial charge in [-0.1, -0.05) is 0 Å². The Labute approximate surface area is 115 Å². The van der Waals surface area contributed by atoms with E-state index in [9.17, 15) is 14.9 Å². The molecule has 1 aromatic carbocycles. The van der Waals surface area contributed by atoms with Crippen LogP contribution in [0, 0.1) is 10.1 Å². The number of hydrogen-bond acceptors (Lipinski definition) is 5. The number of nitro groups is 1. The van der Waals surface area contributed by atoms with E-state index in [1.54, 1.807) is 4.90 Å². The maximum atomic E-state index is 12.4. The summed E-state index contributed by atoms with van der Waals surface area (Å²) < 4.78 is 0. The summed E-state index contributed by atoms with van der Waals surface area (Å²) in [5.41, 5.74) is 6.16. The van der Waals surface area contributed by atoms with Crippen LogP contribution in [0.5, 0.6) is 0 Å². The lowest BCUT2D eigenvalue weighted by Gasteiger charge is -2.20. The second-order valence-corrected chi connectivity index (χ2v) is 5.51. The molecule has 0 spiro atoms. The number of nitro benzene ring substituents is 1. The van der Waals surface area contributed by atoms with Crippen molar-refractivity contribution in [2.45, 2.75) is 6.42 Å². The monoisotopic (exact) mass is 281 g/mol. The summed E-state index contributed by atoms with van der Waals surface area (Å²) in [6.45, 7) is 1.33. The standard InChI is InChI=1S/C12H15N3O3S/c13-11-3-2-9(15(17)18)8-10(11)12(16)14-4-1-6-19-7-5-14/h2-3,8H,1,4-7,13H2. The highest BCUT2D eigenvalue weighted by Crippen LogP contribution is 2.22. The Hall–Kier alpha value is -1.76. The fourth-order valence-corrected chi connectivity index (χ4v) is 2.85. The van der Waals surface area contributed by atoms with E-state index in [2.05, 4.69) is 0 Å². The summed E-state index contributed by atoms with van der Waals surface area (Å²) in [5.74, 6) is 1.71. The average Bonchev–Trinajstić information content (AvgIpc) is 2.67. The van der Waals surface area contributed by atoms with Gasteiger partial charge in [0.2, 0.25) is 0 Å².